The fourth-order valence-electron chi connectivity index (χ4n) is 1.44. The highest BCUT2D eigenvalue weighted by atomic mass is 127. The maximum Gasteiger partial charge on any atom is 0.0854 e. The van der Waals surface area contributed by atoms with E-state index in [0.717, 1.165) is 31.6 Å². The molecule has 0 spiro atoms. The molecule has 0 bridgehead atoms. The van der Waals surface area contributed by atoms with Gasteiger partial charge >= 0.3 is 0 Å². The Hall–Kier alpha value is -0.0600. The summed E-state index contributed by atoms with van der Waals surface area (Å²) in [4.78, 5) is 4.54. The molecular weight excluding hydrogens is 344 g/mol. The van der Waals surface area contributed by atoms with Gasteiger partial charge in [0.2, 0.25) is 0 Å². The van der Waals surface area contributed by atoms with Crippen molar-refractivity contribution in [2.45, 2.75) is 13.3 Å². The van der Waals surface area contributed by atoms with Crippen molar-refractivity contribution >= 4 is 56.7 Å². The molecule has 1 nitrogen and oxygen atoms in total. The van der Waals surface area contributed by atoms with Gasteiger partial charge in [-0.25, -0.2) is 0 Å². The fourth-order valence-corrected chi connectivity index (χ4v) is 2.86. The van der Waals surface area contributed by atoms with Gasteiger partial charge in [-0.2, -0.15) is 0 Å². The molecule has 0 aliphatic heterocycles. The average Bonchev–Trinajstić information content (AvgIpc) is 2.19. The molecular formula is C11H8Cl2IN. The Morgan fingerprint density at radius 2 is 2.00 bits per heavy atom. The number of nitrogens with zero attached hydrogens (tertiary/aromatic N) is 1. The van der Waals surface area contributed by atoms with Crippen LogP contribution >= 0.6 is 45.8 Å². The van der Waals surface area contributed by atoms with Crippen LogP contribution in [-0.4, -0.2) is 4.98 Å². The molecule has 0 aliphatic rings. The Bertz CT molecular complexity index is 525. The lowest BCUT2D eigenvalue weighted by Crippen LogP contribution is -1.91. The van der Waals surface area contributed by atoms with Crippen molar-refractivity contribution in [1.29, 1.82) is 0 Å². The van der Waals surface area contributed by atoms with Crippen LogP contribution < -0.4 is 0 Å². The van der Waals surface area contributed by atoms with Gasteiger partial charge in [-0.15, -0.1) is 0 Å². The molecule has 1 heterocycles. The topological polar surface area (TPSA) is 12.9 Å². The molecule has 0 aliphatic carbocycles. The first-order valence-corrected chi connectivity index (χ1v) is 6.39. The van der Waals surface area contributed by atoms with Gasteiger partial charge in [0.05, 0.1) is 10.5 Å². The van der Waals surface area contributed by atoms with Gasteiger partial charge in [-0.1, -0.05) is 30.1 Å². The van der Waals surface area contributed by atoms with Crippen LogP contribution in [0.4, 0.5) is 0 Å². The van der Waals surface area contributed by atoms with E-state index in [1.165, 1.54) is 0 Å². The maximum absolute atomic E-state index is 6.18. The molecule has 2 aromatic rings. The van der Waals surface area contributed by atoms with Gasteiger partial charge in [-0.05, 0) is 47.2 Å². The summed E-state index contributed by atoms with van der Waals surface area (Å²) in [7, 11) is 0. The zero-order valence-corrected chi connectivity index (χ0v) is 11.7. The zero-order valence-electron chi connectivity index (χ0n) is 8.02. The van der Waals surface area contributed by atoms with Crippen LogP contribution in [0.1, 0.15) is 12.6 Å². The first-order chi connectivity index (χ1) is 7.11. The normalized spacial score (nSPS) is 10.9. The number of halogens is 3. The Kier molecular flexibility index (Phi) is 3.38. The summed E-state index contributed by atoms with van der Waals surface area (Å²) >= 11 is 14.4. The van der Waals surface area contributed by atoms with Crippen molar-refractivity contribution in [3.05, 3.63) is 37.5 Å². The minimum atomic E-state index is 0.694. The number of fused-ring (bicyclic) bond motifs is 1. The Morgan fingerprint density at radius 3 is 2.67 bits per heavy atom. The summed E-state index contributed by atoms with van der Waals surface area (Å²) in [6.45, 7) is 2.06. The van der Waals surface area contributed by atoms with E-state index in [0.29, 0.717) is 5.02 Å². The molecule has 0 N–H and O–H groups in total. The van der Waals surface area contributed by atoms with Gasteiger partial charge in [0, 0.05) is 19.7 Å². The van der Waals surface area contributed by atoms with E-state index in [9.17, 15) is 0 Å². The molecule has 0 fully saturated rings. The molecule has 2 rings (SSSR count). The SMILES string of the molecule is CCc1cc(Cl)c2cc(Cl)cc(I)c2n1. The molecule has 0 unspecified atom stereocenters. The second kappa shape index (κ2) is 4.44. The van der Waals surface area contributed by atoms with E-state index in [4.69, 9.17) is 23.2 Å². The molecule has 0 saturated carbocycles. The molecule has 0 saturated heterocycles. The summed E-state index contributed by atoms with van der Waals surface area (Å²) in [5.41, 5.74) is 1.94. The number of pyridine rings is 1. The summed E-state index contributed by atoms with van der Waals surface area (Å²) in [6.07, 6.45) is 0.883. The molecule has 0 amide bonds. The quantitative estimate of drug-likeness (QED) is 0.678. The third-order valence-corrected chi connectivity index (χ3v) is 3.55. The molecule has 0 radical (unpaired) electrons. The Balaban J connectivity index is 2.85. The second-order valence-electron chi connectivity index (χ2n) is 3.23. The smallest absolute Gasteiger partial charge is 0.0854 e. The minimum Gasteiger partial charge on any atom is -0.252 e. The number of rotatable bonds is 1. The molecule has 0 atom stereocenters. The van der Waals surface area contributed by atoms with Crippen LogP contribution in [0.5, 0.6) is 0 Å². The van der Waals surface area contributed by atoms with Crippen LogP contribution in [0.25, 0.3) is 10.9 Å². The van der Waals surface area contributed by atoms with Crippen molar-refractivity contribution in [2.75, 3.05) is 0 Å². The molecule has 1 aromatic carbocycles. The Labute approximate surface area is 112 Å². The van der Waals surface area contributed by atoms with Gasteiger partial charge in [0.15, 0.2) is 0 Å². The number of benzene rings is 1. The van der Waals surface area contributed by atoms with Gasteiger partial charge in [0.1, 0.15) is 0 Å². The number of aryl methyl sites for hydroxylation is 1. The second-order valence-corrected chi connectivity index (χ2v) is 5.24. The van der Waals surface area contributed by atoms with Crippen molar-refractivity contribution in [3.63, 3.8) is 0 Å². The summed E-state index contributed by atoms with van der Waals surface area (Å²) in [6, 6.07) is 5.65. The van der Waals surface area contributed by atoms with Gasteiger partial charge in [0.25, 0.3) is 0 Å². The van der Waals surface area contributed by atoms with Crippen LogP contribution in [0.15, 0.2) is 18.2 Å². The monoisotopic (exact) mass is 351 g/mol. The first kappa shape index (κ1) is 11.4. The average molecular weight is 352 g/mol. The van der Waals surface area contributed by atoms with E-state index in [2.05, 4.69) is 34.5 Å². The van der Waals surface area contributed by atoms with Gasteiger partial charge < -0.3 is 0 Å². The molecule has 4 heteroatoms. The predicted molar refractivity (Wildman–Crippen MR) is 73.9 cm³/mol. The summed E-state index contributed by atoms with van der Waals surface area (Å²) < 4.78 is 1.03. The summed E-state index contributed by atoms with van der Waals surface area (Å²) in [5, 5.41) is 2.34. The minimum absolute atomic E-state index is 0.694. The highest BCUT2D eigenvalue weighted by molar-refractivity contribution is 14.1. The molecule has 15 heavy (non-hydrogen) atoms. The highest BCUT2D eigenvalue weighted by Crippen LogP contribution is 2.29. The van der Waals surface area contributed by atoms with Crippen molar-refractivity contribution in [3.8, 4) is 0 Å². The lowest BCUT2D eigenvalue weighted by atomic mass is 10.2. The van der Waals surface area contributed by atoms with Crippen molar-refractivity contribution < 1.29 is 0 Å². The highest BCUT2D eigenvalue weighted by Gasteiger charge is 2.07. The van der Waals surface area contributed by atoms with E-state index in [1.807, 2.05) is 18.2 Å². The fraction of sp³-hybridized carbons (Fsp3) is 0.182. The number of hydrogen-bond donors (Lipinski definition) is 0. The maximum atomic E-state index is 6.18. The lowest BCUT2D eigenvalue weighted by Gasteiger charge is -2.06. The largest absolute Gasteiger partial charge is 0.252 e. The van der Waals surface area contributed by atoms with Gasteiger partial charge in [-0.3, -0.25) is 4.98 Å². The van der Waals surface area contributed by atoms with Crippen LogP contribution in [-0.2, 0) is 6.42 Å². The predicted octanol–water partition coefficient (Wildman–Crippen LogP) is 4.71. The van der Waals surface area contributed by atoms with Crippen molar-refractivity contribution in [1.82, 2.24) is 4.98 Å². The van der Waals surface area contributed by atoms with E-state index >= 15 is 0 Å². The first-order valence-electron chi connectivity index (χ1n) is 4.56. The van der Waals surface area contributed by atoms with E-state index < -0.39 is 0 Å². The van der Waals surface area contributed by atoms with Crippen LogP contribution in [0.2, 0.25) is 10.0 Å². The third kappa shape index (κ3) is 2.22. The van der Waals surface area contributed by atoms with Crippen LogP contribution in [0.3, 0.4) is 0 Å². The summed E-state index contributed by atoms with van der Waals surface area (Å²) in [5.74, 6) is 0. The zero-order chi connectivity index (χ0) is 11.0. The number of aromatic nitrogens is 1. The number of hydrogen-bond acceptors (Lipinski definition) is 1. The van der Waals surface area contributed by atoms with Crippen molar-refractivity contribution in [2.24, 2.45) is 0 Å². The lowest BCUT2D eigenvalue weighted by molar-refractivity contribution is 1.06. The standard InChI is InChI=1S/C11H8Cl2IN/c1-2-7-5-9(13)8-3-6(12)4-10(14)11(8)15-7/h3-5H,2H2,1H3. The van der Waals surface area contributed by atoms with E-state index in [1.54, 1.807) is 0 Å². The third-order valence-electron chi connectivity index (χ3n) is 2.20. The van der Waals surface area contributed by atoms with E-state index in [-0.39, 0.29) is 0 Å². The van der Waals surface area contributed by atoms with Crippen LogP contribution in [0, 0.1) is 3.57 Å². The molecule has 1 aromatic heterocycles. The molecule has 78 valence electrons. The Morgan fingerprint density at radius 1 is 1.27 bits per heavy atom.